The summed E-state index contributed by atoms with van der Waals surface area (Å²) >= 11 is 0. The van der Waals surface area contributed by atoms with Gasteiger partial charge in [0.1, 0.15) is 6.23 Å². The molecule has 0 bridgehead atoms. The molecule has 4 nitrogen and oxygen atoms in total. The van der Waals surface area contributed by atoms with Gasteiger partial charge in [0.2, 0.25) is 0 Å². The van der Waals surface area contributed by atoms with Crippen molar-refractivity contribution in [2.45, 2.75) is 19.3 Å². The summed E-state index contributed by atoms with van der Waals surface area (Å²) in [6.07, 6.45) is 0.738. The van der Waals surface area contributed by atoms with E-state index >= 15 is 0 Å². The predicted molar refractivity (Wildman–Crippen MR) is 48.7 cm³/mol. The molecule has 4 heteroatoms. The first-order valence-corrected chi connectivity index (χ1v) is 4.06. The van der Waals surface area contributed by atoms with Gasteiger partial charge in [-0.05, 0) is 6.92 Å². The highest BCUT2D eigenvalue weighted by Crippen LogP contribution is 1.94. The second-order valence-corrected chi connectivity index (χ2v) is 2.53. The Morgan fingerprint density at radius 1 is 1.75 bits per heavy atom. The molecule has 0 radical (unpaired) electrons. The van der Waals surface area contributed by atoms with E-state index in [1.54, 1.807) is 13.0 Å². The third-order valence-electron chi connectivity index (χ3n) is 1.32. The van der Waals surface area contributed by atoms with Crippen LogP contribution in [0.25, 0.3) is 0 Å². The Morgan fingerprint density at radius 2 is 2.42 bits per heavy atom. The highest BCUT2D eigenvalue weighted by molar-refractivity contribution is 4.68. The van der Waals surface area contributed by atoms with Crippen LogP contribution in [0.5, 0.6) is 0 Å². The van der Waals surface area contributed by atoms with Crippen molar-refractivity contribution in [2.24, 2.45) is 5.73 Å². The van der Waals surface area contributed by atoms with E-state index in [0.717, 1.165) is 0 Å². The zero-order valence-electron chi connectivity index (χ0n) is 7.49. The molecule has 0 spiro atoms. The number of aliphatic hydroxyl groups excluding tert-OH is 1. The van der Waals surface area contributed by atoms with Crippen LogP contribution in [-0.2, 0) is 4.74 Å². The van der Waals surface area contributed by atoms with Crippen LogP contribution in [0, 0.1) is 0 Å². The molecule has 0 fully saturated rings. The number of hydrogen-bond donors (Lipinski definition) is 3. The molecule has 4 N–H and O–H groups in total. The predicted octanol–water partition coefficient (Wildman–Crippen LogP) is -0.556. The molecule has 0 aliphatic carbocycles. The smallest absolute Gasteiger partial charge is 0.134 e. The molecular weight excluding hydrogens is 156 g/mol. The molecule has 0 amide bonds. The molecular formula is C8H18N2O2. The molecule has 0 aromatic carbocycles. The lowest BCUT2D eigenvalue weighted by atomic mass is 10.3. The van der Waals surface area contributed by atoms with Gasteiger partial charge in [0.05, 0.1) is 12.7 Å². The topological polar surface area (TPSA) is 67.5 Å². The van der Waals surface area contributed by atoms with Crippen LogP contribution >= 0.6 is 0 Å². The SMILES string of the molecule is C=CCOC(NCCN)C(C)O. The minimum Gasteiger partial charge on any atom is -0.389 e. The molecule has 0 aromatic rings. The van der Waals surface area contributed by atoms with Gasteiger partial charge in [-0.2, -0.15) is 0 Å². The molecule has 0 saturated heterocycles. The number of nitrogens with one attached hydrogen (secondary N) is 1. The van der Waals surface area contributed by atoms with Crippen molar-refractivity contribution in [1.82, 2.24) is 5.32 Å². The van der Waals surface area contributed by atoms with Crippen LogP contribution in [0.1, 0.15) is 6.92 Å². The molecule has 72 valence electrons. The van der Waals surface area contributed by atoms with Crippen LogP contribution in [-0.4, -0.2) is 37.1 Å². The number of aliphatic hydroxyl groups is 1. The molecule has 0 rings (SSSR count). The summed E-state index contributed by atoms with van der Waals surface area (Å²) in [7, 11) is 0. The van der Waals surface area contributed by atoms with Crippen LogP contribution in [0.4, 0.5) is 0 Å². The average Bonchev–Trinajstić information content (AvgIpc) is 2.04. The minimum atomic E-state index is -0.545. The van der Waals surface area contributed by atoms with Gasteiger partial charge in [0.15, 0.2) is 0 Å². The third kappa shape index (κ3) is 5.26. The van der Waals surface area contributed by atoms with Gasteiger partial charge in [-0.1, -0.05) is 6.08 Å². The van der Waals surface area contributed by atoms with Gasteiger partial charge in [0.25, 0.3) is 0 Å². The van der Waals surface area contributed by atoms with E-state index in [9.17, 15) is 5.11 Å². The Balaban J connectivity index is 3.61. The number of ether oxygens (including phenoxy) is 1. The molecule has 0 heterocycles. The zero-order chi connectivity index (χ0) is 9.40. The molecule has 0 aliphatic rings. The fourth-order valence-electron chi connectivity index (χ4n) is 0.766. The van der Waals surface area contributed by atoms with Gasteiger partial charge >= 0.3 is 0 Å². The van der Waals surface area contributed by atoms with Crippen molar-refractivity contribution in [2.75, 3.05) is 19.7 Å². The Morgan fingerprint density at radius 3 is 2.83 bits per heavy atom. The first kappa shape index (κ1) is 11.6. The Labute approximate surface area is 73.4 Å². The molecule has 0 aliphatic heterocycles. The number of hydrogen-bond acceptors (Lipinski definition) is 4. The summed E-state index contributed by atoms with van der Waals surface area (Å²) in [6.45, 7) is 6.76. The molecule has 2 unspecified atom stereocenters. The second-order valence-electron chi connectivity index (χ2n) is 2.53. The van der Waals surface area contributed by atoms with Gasteiger partial charge in [-0.25, -0.2) is 0 Å². The van der Waals surface area contributed by atoms with Crippen LogP contribution in [0.2, 0.25) is 0 Å². The summed E-state index contributed by atoms with van der Waals surface area (Å²) in [5, 5.41) is 12.2. The molecule has 12 heavy (non-hydrogen) atoms. The maximum absolute atomic E-state index is 9.20. The average molecular weight is 174 g/mol. The van der Waals surface area contributed by atoms with E-state index < -0.39 is 6.10 Å². The first-order chi connectivity index (χ1) is 5.72. The highest BCUT2D eigenvalue weighted by Gasteiger charge is 2.12. The fourth-order valence-corrected chi connectivity index (χ4v) is 0.766. The molecule has 2 atom stereocenters. The van der Waals surface area contributed by atoms with Crippen LogP contribution in [0.15, 0.2) is 12.7 Å². The summed E-state index contributed by atoms with van der Waals surface area (Å²) in [5.41, 5.74) is 5.29. The van der Waals surface area contributed by atoms with Gasteiger partial charge < -0.3 is 15.6 Å². The van der Waals surface area contributed by atoms with Crippen molar-refractivity contribution in [3.05, 3.63) is 12.7 Å². The van der Waals surface area contributed by atoms with E-state index in [1.165, 1.54) is 0 Å². The van der Waals surface area contributed by atoms with E-state index in [-0.39, 0.29) is 6.23 Å². The summed E-state index contributed by atoms with van der Waals surface area (Å²) < 4.78 is 5.22. The van der Waals surface area contributed by atoms with E-state index in [4.69, 9.17) is 10.5 Å². The van der Waals surface area contributed by atoms with Crippen molar-refractivity contribution >= 4 is 0 Å². The van der Waals surface area contributed by atoms with Crippen molar-refractivity contribution in [3.63, 3.8) is 0 Å². The van der Waals surface area contributed by atoms with Gasteiger partial charge in [0, 0.05) is 13.1 Å². The highest BCUT2D eigenvalue weighted by atomic mass is 16.5. The maximum Gasteiger partial charge on any atom is 0.134 e. The second kappa shape index (κ2) is 7.24. The zero-order valence-corrected chi connectivity index (χ0v) is 7.49. The molecule has 0 saturated carbocycles. The van der Waals surface area contributed by atoms with E-state index in [2.05, 4.69) is 11.9 Å². The van der Waals surface area contributed by atoms with Crippen molar-refractivity contribution < 1.29 is 9.84 Å². The van der Waals surface area contributed by atoms with Crippen molar-refractivity contribution in [1.29, 1.82) is 0 Å². The standard InChI is InChI=1S/C8H18N2O2/c1-3-6-12-8(7(2)11)10-5-4-9/h3,7-8,10-11H,1,4-6,9H2,2H3. The lowest BCUT2D eigenvalue weighted by Crippen LogP contribution is -2.42. The van der Waals surface area contributed by atoms with E-state index in [0.29, 0.717) is 19.7 Å². The normalized spacial score (nSPS) is 15.6. The number of rotatable bonds is 7. The maximum atomic E-state index is 9.20. The largest absolute Gasteiger partial charge is 0.389 e. The minimum absolute atomic E-state index is 0.355. The van der Waals surface area contributed by atoms with Crippen molar-refractivity contribution in [3.8, 4) is 0 Å². The van der Waals surface area contributed by atoms with E-state index in [1.807, 2.05) is 0 Å². The monoisotopic (exact) mass is 174 g/mol. The lowest BCUT2D eigenvalue weighted by molar-refractivity contribution is -0.0366. The Hall–Kier alpha value is -0.420. The summed E-state index contributed by atoms with van der Waals surface area (Å²) in [4.78, 5) is 0. The van der Waals surface area contributed by atoms with Crippen LogP contribution in [0.3, 0.4) is 0 Å². The summed E-state index contributed by atoms with van der Waals surface area (Å²) in [6, 6.07) is 0. The van der Waals surface area contributed by atoms with Gasteiger partial charge in [-0.3, -0.25) is 5.32 Å². The lowest BCUT2D eigenvalue weighted by Gasteiger charge is -2.20. The summed E-state index contributed by atoms with van der Waals surface area (Å²) in [5.74, 6) is 0. The first-order valence-electron chi connectivity index (χ1n) is 4.06. The molecule has 0 aromatic heterocycles. The Kier molecular flexibility index (Phi) is 6.99. The Bertz CT molecular complexity index is 118. The quantitative estimate of drug-likeness (QED) is 0.358. The van der Waals surface area contributed by atoms with Gasteiger partial charge in [-0.15, -0.1) is 6.58 Å². The number of nitrogens with two attached hydrogens (primary N) is 1. The van der Waals surface area contributed by atoms with Crippen LogP contribution < -0.4 is 11.1 Å². The third-order valence-corrected chi connectivity index (χ3v) is 1.32. The fraction of sp³-hybridized carbons (Fsp3) is 0.750.